The first-order valence-corrected chi connectivity index (χ1v) is 6.02. The maximum atomic E-state index is 13.0. The van der Waals surface area contributed by atoms with Gasteiger partial charge in [-0.1, -0.05) is 5.16 Å². The number of halogens is 2. The zero-order valence-electron chi connectivity index (χ0n) is 11.4. The minimum atomic E-state index is -1.11. The highest BCUT2D eigenvalue weighted by molar-refractivity contribution is 5.98. The van der Waals surface area contributed by atoms with Crippen LogP contribution in [0.25, 0.3) is 0 Å². The molecule has 0 atom stereocenters. The average Bonchev–Trinajstić information content (AvgIpc) is 2.80. The number of nitrogens with two attached hydrogens (primary N) is 1. The molecule has 22 heavy (non-hydrogen) atoms. The second-order valence-corrected chi connectivity index (χ2v) is 4.26. The summed E-state index contributed by atoms with van der Waals surface area (Å²) in [5.41, 5.74) is 5.58. The molecule has 1 aromatic heterocycles. The second kappa shape index (κ2) is 6.20. The first-order chi connectivity index (χ1) is 10.4. The summed E-state index contributed by atoms with van der Waals surface area (Å²) in [5, 5.41) is 5.72. The highest BCUT2D eigenvalue weighted by atomic mass is 19.2. The first kappa shape index (κ1) is 15.4. The smallest absolute Gasteiger partial charge is 0.346 e. The molecule has 1 heterocycles. The molecule has 116 valence electrons. The predicted molar refractivity (Wildman–Crippen MR) is 70.9 cm³/mol. The van der Waals surface area contributed by atoms with Gasteiger partial charge in [0, 0.05) is 11.8 Å². The molecule has 2 rings (SSSR count). The van der Waals surface area contributed by atoms with Crippen molar-refractivity contribution in [2.45, 2.75) is 6.92 Å². The summed E-state index contributed by atoms with van der Waals surface area (Å²) >= 11 is 0. The Labute approximate surface area is 123 Å². The Morgan fingerprint density at radius 2 is 2.09 bits per heavy atom. The molecule has 0 aliphatic carbocycles. The maximum Gasteiger partial charge on any atom is 0.346 e. The molecule has 0 saturated carbocycles. The van der Waals surface area contributed by atoms with Crippen LogP contribution >= 0.6 is 0 Å². The third-order valence-electron chi connectivity index (χ3n) is 2.63. The Bertz CT molecular complexity index is 711. The van der Waals surface area contributed by atoms with E-state index in [1.54, 1.807) is 0 Å². The van der Waals surface area contributed by atoms with Gasteiger partial charge in [0.05, 0.1) is 5.69 Å². The van der Waals surface area contributed by atoms with E-state index in [4.69, 9.17) is 10.5 Å². The van der Waals surface area contributed by atoms with E-state index in [-0.39, 0.29) is 22.8 Å². The number of nitrogens with one attached hydrogen (secondary N) is 1. The number of rotatable bonds is 4. The molecule has 0 bridgehead atoms. The summed E-state index contributed by atoms with van der Waals surface area (Å²) in [6.45, 7) is 0.847. The zero-order chi connectivity index (χ0) is 16.3. The van der Waals surface area contributed by atoms with Gasteiger partial charge < -0.3 is 20.3 Å². The van der Waals surface area contributed by atoms with Crippen LogP contribution in [-0.4, -0.2) is 23.6 Å². The van der Waals surface area contributed by atoms with Crippen LogP contribution in [0.2, 0.25) is 0 Å². The lowest BCUT2D eigenvalue weighted by atomic mass is 10.2. The van der Waals surface area contributed by atoms with Crippen molar-refractivity contribution in [3.63, 3.8) is 0 Å². The number of nitrogen functional groups attached to an aromatic ring is 1. The number of anilines is 2. The number of nitrogens with zero attached hydrogens (tertiary/aromatic N) is 1. The van der Waals surface area contributed by atoms with Crippen LogP contribution in [0, 0.1) is 18.6 Å². The van der Waals surface area contributed by atoms with Crippen molar-refractivity contribution in [3.8, 4) is 0 Å². The van der Waals surface area contributed by atoms with Crippen LogP contribution < -0.4 is 11.1 Å². The Kier molecular flexibility index (Phi) is 4.35. The summed E-state index contributed by atoms with van der Waals surface area (Å²) in [5.74, 6) is -3.97. The third kappa shape index (κ3) is 3.37. The first-order valence-electron chi connectivity index (χ1n) is 6.02. The number of aromatic nitrogens is 1. The van der Waals surface area contributed by atoms with E-state index in [0.29, 0.717) is 0 Å². The van der Waals surface area contributed by atoms with Crippen LogP contribution in [-0.2, 0) is 9.53 Å². The molecule has 3 N–H and O–H groups in total. The number of esters is 1. The van der Waals surface area contributed by atoms with Gasteiger partial charge in [-0.05, 0) is 19.1 Å². The van der Waals surface area contributed by atoms with Gasteiger partial charge in [0.1, 0.15) is 5.56 Å². The number of hydrogen-bond donors (Lipinski definition) is 2. The van der Waals surface area contributed by atoms with E-state index in [0.717, 1.165) is 12.1 Å². The van der Waals surface area contributed by atoms with Crippen molar-refractivity contribution < 1.29 is 27.6 Å². The van der Waals surface area contributed by atoms with Gasteiger partial charge >= 0.3 is 5.97 Å². The molecule has 9 heteroatoms. The summed E-state index contributed by atoms with van der Waals surface area (Å²) in [7, 11) is 0. The third-order valence-corrected chi connectivity index (χ3v) is 2.63. The Morgan fingerprint density at radius 3 is 2.68 bits per heavy atom. The van der Waals surface area contributed by atoms with Crippen molar-refractivity contribution in [1.82, 2.24) is 5.16 Å². The molecule has 0 saturated heterocycles. The lowest BCUT2D eigenvalue weighted by Gasteiger charge is -2.06. The van der Waals surface area contributed by atoms with Crippen molar-refractivity contribution in [2.75, 3.05) is 17.7 Å². The second-order valence-electron chi connectivity index (χ2n) is 4.26. The average molecular weight is 311 g/mol. The minimum Gasteiger partial charge on any atom is -0.452 e. The molecule has 0 radical (unpaired) electrons. The monoisotopic (exact) mass is 311 g/mol. The largest absolute Gasteiger partial charge is 0.452 e. The Balaban J connectivity index is 1.93. The van der Waals surface area contributed by atoms with Gasteiger partial charge in [0.15, 0.2) is 18.2 Å². The van der Waals surface area contributed by atoms with Crippen LogP contribution in [0.5, 0.6) is 0 Å². The molecule has 2 aromatic rings. The van der Waals surface area contributed by atoms with E-state index < -0.39 is 30.1 Å². The lowest BCUT2D eigenvalue weighted by molar-refractivity contribution is -0.119. The Hall–Kier alpha value is -2.97. The fourth-order valence-corrected chi connectivity index (χ4v) is 1.61. The molecule has 0 unspecified atom stereocenters. The number of ether oxygens (including phenoxy) is 1. The quantitative estimate of drug-likeness (QED) is 0.831. The number of benzene rings is 1. The number of amides is 1. The van der Waals surface area contributed by atoms with E-state index in [9.17, 15) is 18.4 Å². The van der Waals surface area contributed by atoms with E-state index in [2.05, 4.69) is 15.0 Å². The van der Waals surface area contributed by atoms with Crippen LogP contribution in [0.15, 0.2) is 22.7 Å². The molecule has 0 spiro atoms. The van der Waals surface area contributed by atoms with Crippen LogP contribution in [0.4, 0.5) is 20.4 Å². The summed E-state index contributed by atoms with van der Waals surface area (Å²) in [4.78, 5) is 23.3. The summed E-state index contributed by atoms with van der Waals surface area (Å²) in [6.07, 6.45) is 0. The van der Waals surface area contributed by atoms with E-state index in [1.165, 1.54) is 13.0 Å². The zero-order valence-corrected chi connectivity index (χ0v) is 11.4. The van der Waals surface area contributed by atoms with Gasteiger partial charge in [0.25, 0.3) is 5.91 Å². The van der Waals surface area contributed by atoms with Gasteiger partial charge in [-0.3, -0.25) is 4.79 Å². The van der Waals surface area contributed by atoms with Crippen LogP contribution in [0.1, 0.15) is 16.1 Å². The predicted octanol–water partition coefficient (Wildman–Crippen LogP) is 1.64. The maximum absolute atomic E-state index is 13.0. The summed E-state index contributed by atoms with van der Waals surface area (Å²) in [6, 6.07) is 2.83. The summed E-state index contributed by atoms with van der Waals surface area (Å²) < 4.78 is 35.0. The van der Waals surface area contributed by atoms with Gasteiger partial charge in [-0.2, -0.15) is 0 Å². The molecular weight excluding hydrogens is 300 g/mol. The highest BCUT2D eigenvalue weighted by Crippen LogP contribution is 2.17. The topological polar surface area (TPSA) is 107 Å². The number of carbonyl (C=O) groups is 2. The molecular formula is C13H11F2N3O4. The van der Waals surface area contributed by atoms with Gasteiger partial charge in [0.2, 0.25) is 5.88 Å². The molecule has 0 aliphatic heterocycles. The number of aryl methyl sites for hydroxylation is 1. The van der Waals surface area contributed by atoms with Crippen molar-refractivity contribution >= 4 is 23.4 Å². The normalized spacial score (nSPS) is 10.3. The highest BCUT2D eigenvalue weighted by Gasteiger charge is 2.20. The number of hydrogen-bond acceptors (Lipinski definition) is 6. The van der Waals surface area contributed by atoms with Crippen LogP contribution in [0.3, 0.4) is 0 Å². The molecule has 7 nitrogen and oxygen atoms in total. The van der Waals surface area contributed by atoms with E-state index in [1.807, 2.05) is 0 Å². The lowest BCUT2D eigenvalue weighted by Crippen LogP contribution is -2.21. The fourth-order valence-electron chi connectivity index (χ4n) is 1.61. The SMILES string of the molecule is Cc1noc(N)c1C(=O)OCC(=O)Nc1ccc(F)c(F)c1. The fraction of sp³-hybridized carbons (Fsp3) is 0.154. The van der Waals surface area contributed by atoms with Crippen molar-refractivity contribution in [3.05, 3.63) is 41.1 Å². The van der Waals surface area contributed by atoms with Crippen molar-refractivity contribution in [1.29, 1.82) is 0 Å². The number of carbonyl (C=O) groups excluding carboxylic acids is 2. The Morgan fingerprint density at radius 1 is 1.36 bits per heavy atom. The molecule has 0 aliphatic rings. The van der Waals surface area contributed by atoms with Gasteiger partial charge in [-0.15, -0.1) is 0 Å². The molecule has 0 fully saturated rings. The standard InChI is InChI=1S/C13H11F2N3O4/c1-6-11(12(16)22-18-6)13(20)21-5-10(19)17-7-2-3-8(14)9(15)4-7/h2-4H,5,16H2,1H3,(H,17,19). The van der Waals surface area contributed by atoms with Crippen molar-refractivity contribution in [2.24, 2.45) is 0 Å². The minimum absolute atomic E-state index is 0.0284. The van der Waals surface area contributed by atoms with Gasteiger partial charge in [-0.25, -0.2) is 13.6 Å². The van der Waals surface area contributed by atoms with E-state index >= 15 is 0 Å². The molecule has 1 aromatic carbocycles. The molecule has 1 amide bonds.